The monoisotopic (exact) mass is 468 g/mol. The van der Waals surface area contributed by atoms with Crippen molar-refractivity contribution in [3.63, 3.8) is 0 Å². The second-order valence-electron chi connectivity index (χ2n) is 7.98. The summed E-state index contributed by atoms with van der Waals surface area (Å²) in [6.45, 7) is 4.59. The minimum atomic E-state index is -0.350. The highest BCUT2D eigenvalue weighted by atomic mass is 16.5. The van der Waals surface area contributed by atoms with E-state index in [1.165, 1.54) is 0 Å². The van der Waals surface area contributed by atoms with E-state index in [1.54, 1.807) is 10.9 Å². The van der Waals surface area contributed by atoms with Crippen LogP contribution >= 0.6 is 0 Å². The molecule has 1 amide bonds. The lowest BCUT2D eigenvalue weighted by molar-refractivity contribution is -0.123. The molecule has 0 aliphatic rings. The molecule has 0 radical (unpaired) electrons. The Bertz CT molecular complexity index is 1280. The second-order valence-corrected chi connectivity index (χ2v) is 7.98. The van der Waals surface area contributed by atoms with Crippen molar-refractivity contribution in [2.24, 2.45) is 5.10 Å². The quantitative estimate of drug-likeness (QED) is 0.257. The molecule has 0 saturated heterocycles. The van der Waals surface area contributed by atoms with Crippen molar-refractivity contribution >= 4 is 12.1 Å². The van der Waals surface area contributed by atoms with Crippen molar-refractivity contribution in [3.8, 4) is 28.4 Å². The third-order valence-corrected chi connectivity index (χ3v) is 5.12. The topological polar surface area (TPSA) is 77.7 Å². The van der Waals surface area contributed by atoms with Crippen LogP contribution in [0.25, 0.3) is 16.9 Å². The zero-order chi connectivity index (χ0) is 24.5. The number of nitrogens with zero attached hydrogens (tertiary/aromatic N) is 3. The van der Waals surface area contributed by atoms with Gasteiger partial charge in [-0.3, -0.25) is 4.79 Å². The number of hydrogen-bond acceptors (Lipinski definition) is 5. The van der Waals surface area contributed by atoms with E-state index in [1.807, 2.05) is 92.0 Å². The SMILES string of the molecule is CCCOc1ccc(-c2nn(-c3ccccc3)cc2/C=N/NC(=O)COc2cccc(C)c2)cc1. The van der Waals surface area contributed by atoms with Crippen molar-refractivity contribution in [2.45, 2.75) is 20.3 Å². The van der Waals surface area contributed by atoms with E-state index in [2.05, 4.69) is 17.5 Å². The molecule has 0 saturated carbocycles. The van der Waals surface area contributed by atoms with Gasteiger partial charge in [-0.15, -0.1) is 0 Å². The normalized spacial score (nSPS) is 10.9. The number of hydrogen-bond donors (Lipinski definition) is 1. The van der Waals surface area contributed by atoms with Crippen molar-refractivity contribution in [1.82, 2.24) is 15.2 Å². The minimum absolute atomic E-state index is 0.129. The van der Waals surface area contributed by atoms with Gasteiger partial charge in [-0.05, 0) is 67.4 Å². The Balaban J connectivity index is 1.49. The predicted octanol–water partition coefficient (Wildman–Crippen LogP) is 5.17. The van der Waals surface area contributed by atoms with E-state index < -0.39 is 0 Å². The first-order chi connectivity index (χ1) is 17.1. The molecule has 0 atom stereocenters. The number of benzene rings is 3. The molecule has 35 heavy (non-hydrogen) atoms. The van der Waals surface area contributed by atoms with Crippen molar-refractivity contribution in [2.75, 3.05) is 13.2 Å². The Morgan fingerprint density at radius 1 is 1.00 bits per heavy atom. The van der Waals surface area contributed by atoms with Crippen LogP contribution < -0.4 is 14.9 Å². The highest BCUT2D eigenvalue weighted by Crippen LogP contribution is 2.25. The van der Waals surface area contributed by atoms with Crippen LogP contribution in [0.5, 0.6) is 11.5 Å². The van der Waals surface area contributed by atoms with Gasteiger partial charge in [0.1, 0.15) is 17.2 Å². The van der Waals surface area contributed by atoms with Crippen LogP contribution in [0.3, 0.4) is 0 Å². The Morgan fingerprint density at radius 3 is 2.54 bits per heavy atom. The van der Waals surface area contributed by atoms with Crippen molar-refractivity contribution in [1.29, 1.82) is 0 Å². The number of ether oxygens (including phenoxy) is 2. The number of aromatic nitrogens is 2. The highest BCUT2D eigenvalue weighted by molar-refractivity contribution is 5.89. The molecule has 178 valence electrons. The third-order valence-electron chi connectivity index (χ3n) is 5.12. The lowest BCUT2D eigenvalue weighted by Crippen LogP contribution is -2.24. The van der Waals surface area contributed by atoms with Crippen LogP contribution in [0.4, 0.5) is 0 Å². The smallest absolute Gasteiger partial charge is 0.277 e. The van der Waals surface area contributed by atoms with Gasteiger partial charge in [0.15, 0.2) is 6.61 Å². The molecule has 0 fully saturated rings. The largest absolute Gasteiger partial charge is 0.494 e. The average Bonchev–Trinajstić information content (AvgIpc) is 3.31. The number of nitrogens with one attached hydrogen (secondary N) is 1. The maximum Gasteiger partial charge on any atom is 0.277 e. The van der Waals surface area contributed by atoms with Crippen LogP contribution in [0.2, 0.25) is 0 Å². The van der Waals surface area contributed by atoms with E-state index in [0.29, 0.717) is 12.4 Å². The van der Waals surface area contributed by atoms with Crippen LogP contribution in [-0.4, -0.2) is 35.1 Å². The molecule has 1 N–H and O–H groups in total. The number of hydrazone groups is 1. The first-order valence-corrected chi connectivity index (χ1v) is 11.5. The molecule has 0 bridgehead atoms. The zero-order valence-electron chi connectivity index (χ0n) is 19.8. The summed E-state index contributed by atoms with van der Waals surface area (Å²) in [6, 6.07) is 25.2. The summed E-state index contributed by atoms with van der Waals surface area (Å²) >= 11 is 0. The van der Waals surface area contributed by atoms with Gasteiger partial charge in [0.05, 0.1) is 18.5 Å². The summed E-state index contributed by atoms with van der Waals surface area (Å²) in [6.07, 6.45) is 4.42. The molecule has 3 aromatic carbocycles. The van der Waals surface area contributed by atoms with Gasteiger partial charge in [0.2, 0.25) is 0 Å². The standard InChI is InChI=1S/C28H28N4O3/c1-3-16-34-25-14-12-22(13-15-25)28-23(19-32(31-28)24-9-5-4-6-10-24)18-29-30-27(33)20-35-26-11-7-8-21(2)17-26/h4-15,17-19H,3,16,20H2,1-2H3,(H,30,33)/b29-18+. The summed E-state index contributed by atoms with van der Waals surface area (Å²) in [5.41, 5.74) is 6.93. The Labute approximate surface area is 205 Å². The van der Waals surface area contributed by atoms with E-state index in [4.69, 9.17) is 14.6 Å². The second kappa shape index (κ2) is 11.7. The van der Waals surface area contributed by atoms with Gasteiger partial charge in [-0.25, -0.2) is 10.1 Å². The zero-order valence-corrected chi connectivity index (χ0v) is 19.8. The predicted molar refractivity (Wildman–Crippen MR) is 137 cm³/mol. The lowest BCUT2D eigenvalue weighted by Gasteiger charge is -2.06. The number of carbonyl (C=O) groups is 1. The molecule has 1 aromatic heterocycles. The fourth-order valence-electron chi connectivity index (χ4n) is 3.41. The summed E-state index contributed by atoms with van der Waals surface area (Å²) in [5, 5.41) is 8.91. The number of para-hydroxylation sites is 1. The van der Waals surface area contributed by atoms with Crippen molar-refractivity contribution < 1.29 is 14.3 Å². The van der Waals surface area contributed by atoms with Gasteiger partial charge < -0.3 is 9.47 Å². The fraction of sp³-hybridized carbons (Fsp3) is 0.179. The first kappa shape index (κ1) is 23.8. The molecule has 0 unspecified atom stereocenters. The van der Waals surface area contributed by atoms with Gasteiger partial charge >= 0.3 is 0 Å². The molecule has 1 heterocycles. The van der Waals surface area contributed by atoms with Gasteiger partial charge in [-0.1, -0.05) is 37.3 Å². The van der Waals surface area contributed by atoms with E-state index >= 15 is 0 Å². The Hall–Kier alpha value is -4.39. The van der Waals surface area contributed by atoms with Crippen LogP contribution in [0, 0.1) is 6.92 Å². The van der Waals surface area contributed by atoms with Crippen molar-refractivity contribution in [3.05, 3.63) is 96.2 Å². The highest BCUT2D eigenvalue weighted by Gasteiger charge is 2.12. The summed E-state index contributed by atoms with van der Waals surface area (Å²) in [5.74, 6) is 1.10. The molecule has 0 aliphatic carbocycles. The summed E-state index contributed by atoms with van der Waals surface area (Å²) in [7, 11) is 0. The lowest BCUT2D eigenvalue weighted by atomic mass is 10.1. The average molecular weight is 469 g/mol. The van der Waals surface area contributed by atoms with E-state index in [0.717, 1.165) is 40.2 Å². The molecule has 0 spiro atoms. The third kappa shape index (κ3) is 6.57. The van der Waals surface area contributed by atoms with Gasteiger partial charge in [0.25, 0.3) is 5.91 Å². The molecule has 7 nitrogen and oxygen atoms in total. The summed E-state index contributed by atoms with van der Waals surface area (Å²) in [4.78, 5) is 12.2. The number of aryl methyl sites for hydroxylation is 1. The molecule has 4 rings (SSSR count). The number of carbonyl (C=O) groups excluding carboxylic acids is 1. The minimum Gasteiger partial charge on any atom is -0.494 e. The van der Waals surface area contributed by atoms with E-state index in [-0.39, 0.29) is 12.5 Å². The van der Waals surface area contributed by atoms with Crippen LogP contribution in [-0.2, 0) is 4.79 Å². The number of amides is 1. The molecule has 0 aliphatic heterocycles. The van der Waals surface area contributed by atoms with Gasteiger partial charge in [-0.2, -0.15) is 10.2 Å². The maximum absolute atomic E-state index is 12.2. The summed E-state index contributed by atoms with van der Waals surface area (Å²) < 4.78 is 13.0. The fourth-order valence-corrected chi connectivity index (χ4v) is 3.41. The Kier molecular flexibility index (Phi) is 7.91. The van der Waals surface area contributed by atoms with E-state index in [9.17, 15) is 4.79 Å². The molecule has 7 heteroatoms. The number of rotatable bonds is 10. The van der Waals surface area contributed by atoms with Gasteiger partial charge in [0, 0.05) is 17.3 Å². The maximum atomic E-state index is 12.2. The van der Waals surface area contributed by atoms with Crippen LogP contribution in [0.15, 0.2) is 90.2 Å². The Morgan fingerprint density at radius 2 is 1.80 bits per heavy atom. The van der Waals surface area contributed by atoms with Crippen LogP contribution in [0.1, 0.15) is 24.5 Å². The molecular formula is C28H28N4O3. The first-order valence-electron chi connectivity index (χ1n) is 11.5. The molecular weight excluding hydrogens is 440 g/mol. The molecule has 4 aromatic rings.